The highest BCUT2D eigenvalue weighted by Crippen LogP contribution is 2.36. The van der Waals surface area contributed by atoms with E-state index >= 15 is 0 Å². The lowest BCUT2D eigenvalue weighted by Gasteiger charge is -2.29. The van der Waals surface area contributed by atoms with Gasteiger partial charge in [0.25, 0.3) is 0 Å². The number of esters is 1. The van der Waals surface area contributed by atoms with Crippen LogP contribution in [0.5, 0.6) is 0 Å². The third-order valence-electron chi connectivity index (χ3n) is 6.35. The van der Waals surface area contributed by atoms with Crippen molar-refractivity contribution >= 4 is 17.7 Å². The molecule has 0 spiro atoms. The first kappa shape index (κ1) is 25.8. The van der Waals surface area contributed by atoms with Gasteiger partial charge in [0.1, 0.15) is 11.2 Å². The third kappa shape index (κ3) is 5.99. The van der Waals surface area contributed by atoms with Gasteiger partial charge in [-0.05, 0) is 79.9 Å². The summed E-state index contributed by atoms with van der Waals surface area (Å²) in [5.41, 5.74) is -0.324. The zero-order valence-electron chi connectivity index (χ0n) is 21.6. The topological polar surface area (TPSA) is 95.8 Å². The monoisotopic (exact) mass is 470 g/mol. The summed E-state index contributed by atoms with van der Waals surface area (Å²) in [6, 6.07) is 6.56. The van der Waals surface area contributed by atoms with E-state index in [2.05, 4.69) is 16.0 Å². The van der Waals surface area contributed by atoms with Crippen molar-refractivity contribution in [3.8, 4) is 6.07 Å². The van der Waals surface area contributed by atoms with Gasteiger partial charge in [0, 0.05) is 19.5 Å². The Hall–Kier alpha value is -2.82. The molecule has 2 aliphatic heterocycles. The summed E-state index contributed by atoms with van der Waals surface area (Å²) in [6.07, 6.45) is 3.82. The van der Waals surface area contributed by atoms with Gasteiger partial charge in [-0.3, -0.25) is 9.78 Å². The van der Waals surface area contributed by atoms with Crippen molar-refractivity contribution in [1.82, 2.24) is 9.88 Å². The Morgan fingerprint density at radius 3 is 2.24 bits per heavy atom. The number of fused-ring (bicyclic) bond motifs is 1. The molecule has 1 aromatic heterocycles. The molecule has 3 atom stereocenters. The molecule has 3 unspecified atom stereocenters. The normalized spacial score (nSPS) is 22.1. The average Bonchev–Trinajstić information content (AvgIpc) is 3.32. The zero-order valence-corrected chi connectivity index (χ0v) is 21.6. The average molecular weight is 471 g/mol. The number of hydrogen-bond acceptors (Lipinski definition) is 7. The van der Waals surface area contributed by atoms with Crippen molar-refractivity contribution in [1.29, 1.82) is 5.26 Å². The van der Waals surface area contributed by atoms with Gasteiger partial charge in [0.2, 0.25) is 0 Å². The van der Waals surface area contributed by atoms with Crippen LogP contribution < -0.4 is 4.90 Å². The molecule has 0 aromatic carbocycles. The fraction of sp³-hybridized carbons (Fsp3) is 0.692. The number of pyridine rings is 1. The van der Waals surface area contributed by atoms with Gasteiger partial charge in [0.05, 0.1) is 41.1 Å². The van der Waals surface area contributed by atoms with Crippen molar-refractivity contribution in [2.45, 2.75) is 103 Å². The first-order valence-electron chi connectivity index (χ1n) is 12.1. The summed E-state index contributed by atoms with van der Waals surface area (Å²) in [5, 5.41) is 9.85. The standard InChI is InChI=1S/C26H38N4O4/c1-24(2,3)33-22(31)10-13-26(7,17-27)21-9-8-18(16-28-21)29-14-11-20-19(29)12-15-30(20)23(32)34-25(4,5)6/h8-9,16,19-20H,10-15H2,1-7H3. The van der Waals surface area contributed by atoms with E-state index in [1.807, 2.05) is 58.6 Å². The maximum absolute atomic E-state index is 12.6. The van der Waals surface area contributed by atoms with Gasteiger partial charge in [-0.15, -0.1) is 0 Å². The van der Waals surface area contributed by atoms with E-state index in [-0.39, 0.29) is 30.6 Å². The van der Waals surface area contributed by atoms with E-state index in [4.69, 9.17) is 9.47 Å². The van der Waals surface area contributed by atoms with Crippen LogP contribution in [0, 0.1) is 11.3 Å². The largest absolute Gasteiger partial charge is 0.460 e. The smallest absolute Gasteiger partial charge is 0.410 e. The molecule has 2 fully saturated rings. The number of nitrogens with zero attached hydrogens (tertiary/aromatic N) is 4. The molecule has 186 valence electrons. The van der Waals surface area contributed by atoms with Crippen LogP contribution in [-0.4, -0.2) is 58.3 Å². The molecule has 0 aliphatic carbocycles. The van der Waals surface area contributed by atoms with Crippen molar-refractivity contribution in [3.05, 3.63) is 24.0 Å². The molecule has 0 bridgehead atoms. The Labute approximate surface area is 203 Å². The number of likely N-dealkylation sites (tertiary alicyclic amines) is 1. The third-order valence-corrected chi connectivity index (χ3v) is 6.35. The van der Waals surface area contributed by atoms with Crippen molar-refractivity contribution < 1.29 is 19.1 Å². The minimum absolute atomic E-state index is 0.132. The first-order chi connectivity index (χ1) is 15.7. The Morgan fingerprint density at radius 1 is 1.03 bits per heavy atom. The number of hydrogen-bond donors (Lipinski definition) is 0. The van der Waals surface area contributed by atoms with Gasteiger partial charge in [-0.2, -0.15) is 5.26 Å². The van der Waals surface area contributed by atoms with E-state index in [0.717, 1.165) is 25.1 Å². The summed E-state index contributed by atoms with van der Waals surface area (Å²) in [5.74, 6) is -0.315. The van der Waals surface area contributed by atoms with E-state index in [0.29, 0.717) is 18.7 Å². The van der Waals surface area contributed by atoms with E-state index in [1.165, 1.54) is 0 Å². The minimum Gasteiger partial charge on any atom is -0.460 e. The maximum atomic E-state index is 12.6. The second-order valence-corrected chi connectivity index (χ2v) is 11.5. The second kappa shape index (κ2) is 9.44. The number of carbonyl (C=O) groups excluding carboxylic acids is 2. The molecule has 8 nitrogen and oxygen atoms in total. The van der Waals surface area contributed by atoms with Crippen LogP contribution in [0.4, 0.5) is 10.5 Å². The summed E-state index contributed by atoms with van der Waals surface area (Å²) in [6.45, 7) is 14.5. The molecule has 2 aliphatic rings. The Morgan fingerprint density at radius 2 is 1.68 bits per heavy atom. The van der Waals surface area contributed by atoms with Gasteiger partial charge < -0.3 is 19.3 Å². The Bertz CT molecular complexity index is 942. The predicted molar refractivity (Wildman–Crippen MR) is 129 cm³/mol. The minimum atomic E-state index is -0.885. The molecule has 0 radical (unpaired) electrons. The lowest BCUT2D eigenvalue weighted by Crippen LogP contribution is -2.42. The number of aromatic nitrogens is 1. The van der Waals surface area contributed by atoms with Crippen molar-refractivity contribution in [3.63, 3.8) is 0 Å². The summed E-state index contributed by atoms with van der Waals surface area (Å²) in [7, 11) is 0. The Balaban J connectivity index is 1.66. The molecule has 0 N–H and O–H groups in total. The van der Waals surface area contributed by atoms with Crippen LogP contribution in [0.3, 0.4) is 0 Å². The number of rotatable bonds is 5. The molecular weight excluding hydrogens is 432 g/mol. The van der Waals surface area contributed by atoms with Gasteiger partial charge in [0.15, 0.2) is 0 Å². The molecule has 0 saturated carbocycles. The van der Waals surface area contributed by atoms with E-state index < -0.39 is 16.6 Å². The van der Waals surface area contributed by atoms with Crippen LogP contribution in [0.1, 0.15) is 79.8 Å². The molecule has 8 heteroatoms. The SMILES string of the molecule is CC(C)(C)OC(=O)CCC(C)(C#N)c1ccc(N2CCC3C2CCN3C(=O)OC(C)(C)C)cn1. The van der Waals surface area contributed by atoms with Crippen LogP contribution in [0.2, 0.25) is 0 Å². The highest BCUT2D eigenvalue weighted by molar-refractivity contribution is 5.70. The number of amides is 1. The highest BCUT2D eigenvalue weighted by atomic mass is 16.6. The van der Waals surface area contributed by atoms with Crippen LogP contribution in [-0.2, 0) is 19.7 Å². The number of ether oxygens (including phenoxy) is 2. The molecule has 1 amide bonds. The quantitative estimate of drug-likeness (QED) is 0.582. The fourth-order valence-electron chi connectivity index (χ4n) is 4.72. The molecule has 3 heterocycles. The highest BCUT2D eigenvalue weighted by Gasteiger charge is 2.45. The lowest BCUT2D eigenvalue weighted by molar-refractivity contribution is -0.155. The first-order valence-corrected chi connectivity index (χ1v) is 12.1. The van der Waals surface area contributed by atoms with Gasteiger partial charge in [-0.1, -0.05) is 0 Å². The maximum Gasteiger partial charge on any atom is 0.410 e. The molecule has 34 heavy (non-hydrogen) atoms. The summed E-state index contributed by atoms with van der Waals surface area (Å²) < 4.78 is 11.0. The molecule has 2 saturated heterocycles. The molecular formula is C26H38N4O4. The van der Waals surface area contributed by atoms with Crippen LogP contribution in [0.25, 0.3) is 0 Å². The second-order valence-electron chi connectivity index (χ2n) is 11.5. The summed E-state index contributed by atoms with van der Waals surface area (Å²) in [4.78, 5) is 33.6. The number of nitriles is 1. The van der Waals surface area contributed by atoms with E-state index in [9.17, 15) is 14.9 Å². The van der Waals surface area contributed by atoms with Crippen LogP contribution >= 0.6 is 0 Å². The predicted octanol–water partition coefficient (Wildman–Crippen LogP) is 4.57. The fourth-order valence-corrected chi connectivity index (χ4v) is 4.72. The van der Waals surface area contributed by atoms with Gasteiger partial charge in [-0.25, -0.2) is 4.79 Å². The van der Waals surface area contributed by atoms with E-state index in [1.54, 1.807) is 13.1 Å². The van der Waals surface area contributed by atoms with Crippen LogP contribution in [0.15, 0.2) is 18.3 Å². The Kier molecular flexibility index (Phi) is 7.16. The zero-order chi connectivity index (χ0) is 25.3. The number of carbonyl (C=O) groups is 2. The van der Waals surface area contributed by atoms with Crippen molar-refractivity contribution in [2.75, 3.05) is 18.0 Å². The van der Waals surface area contributed by atoms with Gasteiger partial charge >= 0.3 is 12.1 Å². The molecule has 1 aromatic rings. The lowest BCUT2D eigenvalue weighted by atomic mass is 9.83. The number of anilines is 1. The summed E-state index contributed by atoms with van der Waals surface area (Å²) >= 11 is 0. The van der Waals surface area contributed by atoms with Crippen molar-refractivity contribution in [2.24, 2.45) is 0 Å². The molecule has 3 rings (SSSR count).